The van der Waals surface area contributed by atoms with Crippen molar-refractivity contribution in [2.75, 3.05) is 13.1 Å². The van der Waals surface area contributed by atoms with Crippen LogP contribution in [-0.4, -0.2) is 31.0 Å². The van der Waals surface area contributed by atoms with Crippen LogP contribution in [0.25, 0.3) is 0 Å². The Morgan fingerprint density at radius 1 is 1.04 bits per heavy atom. The van der Waals surface area contributed by atoms with Crippen LogP contribution in [-0.2, 0) is 9.59 Å². The van der Waals surface area contributed by atoms with Crippen molar-refractivity contribution in [3.8, 4) is 5.75 Å². The van der Waals surface area contributed by atoms with Crippen molar-refractivity contribution in [1.82, 2.24) is 10.6 Å². The van der Waals surface area contributed by atoms with E-state index in [1.165, 1.54) is 6.42 Å². The van der Waals surface area contributed by atoms with E-state index in [2.05, 4.69) is 24.5 Å². The number of hydrogen-bond donors (Lipinski definition) is 2. The van der Waals surface area contributed by atoms with Crippen molar-refractivity contribution < 1.29 is 14.3 Å². The summed E-state index contributed by atoms with van der Waals surface area (Å²) in [6.45, 7) is 6.81. The van der Waals surface area contributed by atoms with Gasteiger partial charge in [-0.1, -0.05) is 51.3 Å². The zero-order valence-corrected chi connectivity index (χ0v) is 16.2. The van der Waals surface area contributed by atoms with Crippen LogP contribution in [0.5, 0.6) is 5.75 Å². The first-order valence-electron chi connectivity index (χ1n) is 9.80. The van der Waals surface area contributed by atoms with Gasteiger partial charge in [0.05, 0.1) is 0 Å². The molecule has 1 aliphatic carbocycles. The molecule has 2 N–H and O–H groups in total. The number of para-hydroxylation sites is 1. The van der Waals surface area contributed by atoms with Gasteiger partial charge in [0.1, 0.15) is 5.75 Å². The van der Waals surface area contributed by atoms with Gasteiger partial charge in [-0.05, 0) is 37.3 Å². The monoisotopic (exact) mass is 360 g/mol. The molecule has 26 heavy (non-hydrogen) atoms. The summed E-state index contributed by atoms with van der Waals surface area (Å²) in [6, 6.07) is 7.80. The summed E-state index contributed by atoms with van der Waals surface area (Å²) in [5.74, 6) is 1.17. The molecular weight excluding hydrogens is 328 g/mol. The molecule has 0 saturated heterocycles. The first-order chi connectivity index (χ1) is 12.5. The quantitative estimate of drug-likeness (QED) is 0.698. The Labute approximate surface area is 156 Å². The second kappa shape index (κ2) is 10.2. The largest absolute Gasteiger partial charge is 0.481 e. The van der Waals surface area contributed by atoms with E-state index in [-0.39, 0.29) is 17.7 Å². The number of ether oxygens (including phenoxy) is 1. The van der Waals surface area contributed by atoms with Crippen molar-refractivity contribution in [2.45, 2.75) is 64.9 Å². The number of hydrogen-bond acceptors (Lipinski definition) is 3. The lowest BCUT2D eigenvalue weighted by Gasteiger charge is -2.21. The Kier molecular flexibility index (Phi) is 7.95. The average Bonchev–Trinajstić information content (AvgIpc) is 2.65. The van der Waals surface area contributed by atoms with Crippen LogP contribution in [0.1, 0.15) is 64.4 Å². The molecule has 144 valence electrons. The highest BCUT2D eigenvalue weighted by molar-refractivity contribution is 5.81. The molecule has 0 aliphatic heterocycles. The first kappa shape index (κ1) is 20.3. The number of rotatable bonds is 8. The molecular formula is C21H32N2O3. The van der Waals surface area contributed by atoms with Crippen molar-refractivity contribution in [3.63, 3.8) is 0 Å². The lowest BCUT2D eigenvalue weighted by atomic mass is 9.89. The maximum Gasteiger partial charge on any atom is 0.260 e. The third-order valence-corrected chi connectivity index (χ3v) is 4.91. The minimum absolute atomic E-state index is 0.120. The van der Waals surface area contributed by atoms with Crippen LogP contribution in [0.4, 0.5) is 0 Å². The molecule has 1 fully saturated rings. The van der Waals surface area contributed by atoms with E-state index in [0.717, 1.165) is 37.0 Å². The van der Waals surface area contributed by atoms with Crippen molar-refractivity contribution >= 4 is 11.8 Å². The van der Waals surface area contributed by atoms with Crippen LogP contribution < -0.4 is 15.4 Å². The number of nitrogens with one attached hydrogen (secondary N) is 2. The summed E-state index contributed by atoms with van der Waals surface area (Å²) in [4.78, 5) is 24.3. The molecule has 5 nitrogen and oxygen atoms in total. The molecule has 1 saturated carbocycles. The Morgan fingerprint density at radius 2 is 1.69 bits per heavy atom. The highest BCUT2D eigenvalue weighted by Gasteiger charge is 2.21. The van der Waals surface area contributed by atoms with Gasteiger partial charge in [0, 0.05) is 19.0 Å². The van der Waals surface area contributed by atoms with Crippen LogP contribution >= 0.6 is 0 Å². The fourth-order valence-corrected chi connectivity index (χ4v) is 3.33. The van der Waals surface area contributed by atoms with Crippen molar-refractivity contribution in [2.24, 2.45) is 5.92 Å². The van der Waals surface area contributed by atoms with Gasteiger partial charge in [0.25, 0.3) is 5.91 Å². The van der Waals surface area contributed by atoms with Gasteiger partial charge < -0.3 is 15.4 Å². The smallest absolute Gasteiger partial charge is 0.260 e. The average molecular weight is 360 g/mol. The normalized spacial score (nSPS) is 16.2. The summed E-state index contributed by atoms with van der Waals surface area (Å²) in [5, 5.41) is 5.76. The third kappa shape index (κ3) is 6.04. The summed E-state index contributed by atoms with van der Waals surface area (Å²) < 4.78 is 5.84. The Balaban J connectivity index is 1.71. The molecule has 0 heterocycles. The lowest BCUT2D eigenvalue weighted by Crippen LogP contribution is -2.42. The Hall–Kier alpha value is -2.04. The fraction of sp³-hybridized carbons (Fsp3) is 0.619. The van der Waals surface area contributed by atoms with E-state index < -0.39 is 6.10 Å². The molecule has 0 radical (unpaired) electrons. The minimum Gasteiger partial charge on any atom is -0.481 e. The van der Waals surface area contributed by atoms with E-state index >= 15 is 0 Å². The zero-order chi connectivity index (χ0) is 18.9. The van der Waals surface area contributed by atoms with Crippen LogP contribution in [0.2, 0.25) is 0 Å². The van der Waals surface area contributed by atoms with Gasteiger partial charge >= 0.3 is 0 Å². The number of carbonyl (C=O) groups excluding carboxylic acids is 2. The van der Waals surface area contributed by atoms with Crippen LogP contribution in [0, 0.1) is 5.92 Å². The molecule has 1 aromatic rings. The van der Waals surface area contributed by atoms with Gasteiger partial charge in [-0.2, -0.15) is 0 Å². The number of carbonyl (C=O) groups is 2. The van der Waals surface area contributed by atoms with Gasteiger partial charge in [-0.3, -0.25) is 9.59 Å². The molecule has 0 spiro atoms. The maximum atomic E-state index is 12.2. The summed E-state index contributed by atoms with van der Waals surface area (Å²) in [7, 11) is 0. The molecule has 5 heteroatoms. The van der Waals surface area contributed by atoms with Gasteiger partial charge in [0.2, 0.25) is 5.91 Å². The predicted octanol–water partition coefficient (Wildman–Crippen LogP) is 3.39. The van der Waals surface area contributed by atoms with E-state index in [0.29, 0.717) is 19.0 Å². The highest BCUT2D eigenvalue weighted by atomic mass is 16.5. The number of benzene rings is 1. The SMILES string of the molecule is CC(Oc1ccccc1C(C)C)C(=O)NCCNC(=O)C1CCCCC1. The van der Waals surface area contributed by atoms with Gasteiger partial charge in [0.15, 0.2) is 6.10 Å². The molecule has 2 rings (SSSR count). The molecule has 0 aromatic heterocycles. The summed E-state index contributed by atoms with van der Waals surface area (Å²) in [5.41, 5.74) is 1.09. The van der Waals surface area contributed by atoms with Crippen LogP contribution in [0.3, 0.4) is 0 Å². The molecule has 0 bridgehead atoms. The first-order valence-corrected chi connectivity index (χ1v) is 9.80. The second-order valence-corrected chi connectivity index (χ2v) is 7.37. The molecule has 1 aliphatic rings. The topological polar surface area (TPSA) is 67.4 Å². The van der Waals surface area contributed by atoms with Crippen molar-refractivity contribution in [1.29, 1.82) is 0 Å². The summed E-state index contributed by atoms with van der Waals surface area (Å²) >= 11 is 0. The minimum atomic E-state index is -0.580. The van der Waals surface area contributed by atoms with E-state index in [4.69, 9.17) is 4.74 Å². The predicted molar refractivity (Wildman–Crippen MR) is 103 cm³/mol. The third-order valence-electron chi connectivity index (χ3n) is 4.91. The Bertz CT molecular complexity index is 595. The summed E-state index contributed by atoms with van der Waals surface area (Å²) in [6.07, 6.45) is 4.90. The molecule has 2 amide bonds. The highest BCUT2D eigenvalue weighted by Crippen LogP contribution is 2.26. The van der Waals surface area contributed by atoms with Gasteiger partial charge in [-0.15, -0.1) is 0 Å². The van der Waals surface area contributed by atoms with E-state index in [9.17, 15) is 9.59 Å². The van der Waals surface area contributed by atoms with E-state index in [1.54, 1.807) is 6.92 Å². The maximum absolute atomic E-state index is 12.2. The lowest BCUT2D eigenvalue weighted by molar-refractivity contribution is -0.128. The molecule has 1 aromatic carbocycles. The van der Waals surface area contributed by atoms with Crippen LogP contribution in [0.15, 0.2) is 24.3 Å². The molecule has 1 atom stereocenters. The second-order valence-electron chi connectivity index (χ2n) is 7.37. The van der Waals surface area contributed by atoms with Gasteiger partial charge in [-0.25, -0.2) is 0 Å². The standard InChI is InChI=1S/C21H32N2O3/c1-15(2)18-11-7-8-12-19(18)26-16(3)20(24)22-13-14-23-21(25)17-9-5-4-6-10-17/h7-8,11-12,15-17H,4-6,9-10,13-14H2,1-3H3,(H,22,24)(H,23,25). The zero-order valence-electron chi connectivity index (χ0n) is 16.2. The number of amides is 2. The van der Waals surface area contributed by atoms with Crippen molar-refractivity contribution in [3.05, 3.63) is 29.8 Å². The Morgan fingerprint density at radius 3 is 2.38 bits per heavy atom. The fourth-order valence-electron chi connectivity index (χ4n) is 3.33. The molecule has 1 unspecified atom stereocenters. The van der Waals surface area contributed by atoms with E-state index in [1.807, 2.05) is 24.3 Å².